The topological polar surface area (TPSA) is 62.7 Å². The molecule has 2 N–H and O–H groups in total. The first kappa shape index (κ1) is 54.1. The number of para-hydroxylation sites is 1. The number of aromatic nitrogens is 3. The Kier molecular flexibility index (Phi) is 47.5. The number of hydrazine groups is 1. The Bertz CT molecular complexity index is 1050. The Labute approximate surface area is 309 Å². The van der Waals surface area contributed by atoms with Gasteiger partial charge in [-0.1, -0.05) is 67.3 Å². The standard InChI is InChI=1S/3C8H8N.C7H8N2.C2H6.3CH3.3Ir/c3*1-2-5-8-6-3-4-7-9-8;1-2-4-7-6(3-1)5-8-9-7;1-2;;;;;;/h3*3-7H,1H3;1-4,8-9H,5H2;1-2H3;3*1H3;;;/q3*-1;;;3*-1;;;. The van der Waals surface area contributed by atoms with Gasteiger partial charge in [0.1, 0.15) is 0 Å². The number of anilines is 1. The smallest absolute Gasteiger partial charge is 0.0533 e. The molecule has 0 spiro atoms. The van der Waals surface area contributed by atoms with Gasteiger partial charge in [0.2, 0.25) is 0 Å². The van der Waals surface area contributed by atoms with E-state index in [-0.39, 0.29) is 82.6 Å². The zero-order chi connectivity index (χ0) is 27.7. The van der Waals surface area contributed by atoms with Gasteiger partial charge in [0.15, 0.2) is 0 Å². The molecule has 5 nitrogen and oxygen atoms in total. The minimum absolute atomic E-state index is 0. The van der Waals surface area contributed by atoms with E-state index < -0.39 is 0 Å². The third-order valence-electron chi connectivity index (χ3n) is 4.46. The summed E-state index contributed by atoms with van der Waals surface area (Å²) in [5.41, 5.74) is 11.5. The summed E-state index contributed by atoms with van der Waals surface area (Å²) in [5.74, 6) is 0. The predicted octanol–water partition coefficient (Wildman–Crippen LogP) is 9.24. The third-order valence-corrected chi connectivity index (χ3v) is 4.46. The van der Waals surface area contributed by atoms with Crippen molar-refractivity contribution in [2.45, 2.75) is 41.2 Å². The zero-order valence-corrected chi connectivity index (χ0v) is 34.2. The van der Waals surface area contributed by atoms with E-state index in [0.717, 1.165) is 23.6 Å². The largest absolute Gasteiger partial charge is 0.358 e. The van der Waals surface area contributed by atoms with E-state index in [0.29, 0.717) is 0 Å². The fraction of sp³-hybridized carbons (Fsp3) is 0.167. The van der Waals surface area contributed by atoms with Crippen LogP contribution in [0.4, 0.5) is 5.69 Å². The molecule has 1 aliphatic heterocycles. The van der Waals surface area contributed by atoms with E-state index in [9.17, 15) is 0 Å². The Balaban J connectivity index is -0.000000103. The van der Waals surface area contributed by atoms with E-state index in [1.807, 2.05) is 120 Å². The van der Waals surface area contributed by atoms with Gasteiger partial charge >= 0.3 is 0 Å². The van der Waals surface area contributed by atoms with E-state index in [2.05, 4.69) is 56.2 Å². The summed E-state index contributed by atoms with van der Waals surface area (Å²) in [6.45, 7) is 10.5. The molecule has 44 heavy (non-hydrogen) atoms. The van der Waals surface area contributed by atoms with Gasteiger partial charge in [-0.25, -0.2) is 23.7 Å². The van der Waals surface area contributed by atoms with E-state index in [1.165, 1.54) is 11.3 Å². The van der Waals surface area contributed by atoms with Gasteiger partial charge in [-0.2, -0.15) is 0 Å². The average molecular weight is 1130 g/mol. The van der Waals surface area contributed by atoms with E-state index >= 15 is 0 Å². The number of rotatable bonds is 3. The molecule has 0 saturated carbocycles. The molecule has 3 aromatic heterocycles. The number of pyridine rings is 3. The van der Waals surface area contributed by atoms with Crippen molar-refractivity contribution in [2.24, 2.45) is 0 Å². The molecule has 0 amide bonds. The van der Waals surface area contributed by atoms with Crippen molar-refractivity contribution in [1.29, 1.82) is 0 Å². The molecule has 4 aromatic rings. The van der Waals surface area contributed by atoms with Crippen LogP contribution in [0.15, 0.2) is 97.5 Å². The summed E-state index contributed by atoms with van der Waals surface area (Å²) >= 11 is 0. The molecule has 4 heterocycles. The van der Waals surface area contributed by atoms with Crippen molar-refractivity contribution in [1.82, 2.24) is 20.4 Å². The van der Waals surface area contributed by atoms with Gasteiger partial charge in [0.25, 0.3) is 0 Å². The molecule has 249 valence electrons. The summed E-state index contributed by atoms with van der Waals surface area (Å²) in [4.78, 5) is 12.2. The first-order valence-corrected chi connectivity index (χ1v) is 12.6. The molecule has 1 aromatic carbocycles. The zero-order valence-electron chi connectivity index (χ0n) is 27.0. The van der Waals surface area contributed by atoms with Gasteiger partial charge in [-0.3, -0.25) is 18.2 Å². The molecule has 0 unspecified atom stereocenters. The Morgan fingerprint density at radius 1 is 0.545 bits per heavy atom. The molecule has 0 fully saturated rings. The van der Waals surface area contributed by atoms with Crippen LogP contribution < -0.4 is 10.9 Å². The summed E-state index contributed by atoms with van der Waals surface area (Å²) in [5, 5.41) is 0. The second-order valence-corrected chi connectivity index (χ2v) is 7.20. The Hall–Kier alpha value is -2.40. The van der Waals surface area contributed by atoms with Gasteiger partial charge in [0, 0.05) is 85.5 Å². The van der Waals surface area contributed by atoms with Crippen LogP contribution in [0.1, 0.15) is 57.3 Å². The van der Waals surface area contributed by atoms with Crippen LogP contribution in [0, 0.1) is 40.5 Å². The molecule has 0 saturated heterocycles. The first-order chi connectivity index (χ1) is 18.8. The van der Waals surface area contributed by atoms with Crippen molar-refractivity contribution in [3.05, 3.63) is 161 Å². The van der Waals surface area contributed by atoms with Crippen LogP contribution in [-0.4, -0.2) is 15.0 Å². The number of nitrogens with zero attached hydrogens (tertiary/aromatic N) is 3. The third kappa shape index (κ3) is 26.0. The second-order valence-electron chi connectivity index (χ2n) is 7.20. The van der Waals surface area contributed by atoms with Gasteiger partial charge < -0.3 is 42.7 Å². The second kappa shape index (κ2) is 38.6. The molecule has 5 rings (SSSR count). The number of allylic oxidation sites excluding steroid dienone is 3. The quantitative estimate of drug-likeness (QED) is 0.201. The van der Waals surface area contributed by atoms with E-state index in [4.69, 9.17) is 0 Å². The van der Waals surface area contributed by atoms with Crippen molar-refractivity contribution in [3.8, 4) is 0 Å². The van der Waals surface area contributed by atoms with Crippen LogP contribution in [0.3, 0.4) is 0 Å². The van der Waals surface area contributed by atoms with Crippen molar-refractivity contribution in [2.75, 3.05) is 5.43 Å². The molecule has 3 radical (unpaired) electrons. The van der Waals surface area contributed by atoms with Gasteiger partial charge in [-0.05, 0) is 29.8 Å². The monoisotopic (exact) mass is 1130 g/mol. The summed E-state index contributed by atoms with van der Waals surface area (Å²) in [6.07, 6.45) is 19.5. The van der Waals surface area contributed by atoms with Crippen LogP contribution in [-0.2, 0) is 66.9 Å². The maximum Gasteiger partial charge on any atom is 0.0533 e. The maximum absolute atomic E-state index is 4.05. The van der Waals surface area contributed by atoms with Crippen molar-refractivity contribution in [3.63, 3.8) is 0 Å². The molecule has 8 heteroatoms. The van der Waals surface area contributed by atoms with Crippen LogP contribution >= 0.6 is 0 Å². The number of hydrogen-bond donors (Lipinski definition) is 2. The summed E-state index contributed by atoms with van der Waals surface area (Å²) in [7, 11) is 0. The fourth-order valence-corrected chi connectivity index (χ4v) is 2.86. The fourth-order valence-electron chi connectivity index (χ4n) is 2.86. The molecule has 0 bridgehead atoms. The van der Waals surface area contributed by atoms with Crippen molar-refractivity contribution >= 4 is 23.9 Å². The van der Waals surface area contributed by atoms with Crippen LogP contribution in [0.25, 0.3) is 18.2 Å². The normalized spacial score (nSPS) is 9.48. The number of fused-ring (bicyclic) bond motifs is 1. The molecule has 1 aliphatic rings. The van der Waals surface area contributed by atoms with E-state index in [1.54, 1.807) is 18.6 Å². The van der Waals surface area contributed by atoms with Crippen molar-refractivity contribution < 1.29 is 60.3 Å². The first-order valence-electron chi connectivity index (χ1n) is 12.6. The number of nitrogens with one attached hydrogen (secondary N) is 2. The van der Waals surface area contributed by atoms with Crippen LogP contribution in [0.2, 0.25) is 0 Å². The number of hydrogen-bond acceptors (Lipinski definition) is 5. The summed E-state index contributed by atoms with van der Waals surface area (Å²) < 4.78 is 0. The SMILES string of the molecule is CC.C[C-]=Cc1ccccn1.C[C-]=Cc1ccccn1.C[C-]=Cc1ccccn1.[CH3-].[CH3-].[CH3-].[Ir].[Ir].[Ir].c1ccc2c(c1)CNN2. The molecule has 0 atom stereocenters. The minimum atomic E-state index is 0. The summed E-state index contributed by atoms with van der Waals surface area (Å²) in [6, 6.07) is 25.6. The number of benzene rings is 1. The maximum atomic E-state index is 4.05. The molecule has 0 aliphatic carbocycles. The molecular weight excluding hydrogens is 1080 g/mol. The Morgan fingerprint density at radius 2 is 0.886 bits per heavy atom. The average Bonchev–Trinajstić information content (AvgIpc) is 3.47. The minimum Gasteiger partial charge on any atom is -0.358 e. The predicted molar refractivity (Wildman–Crippen MR) is 180 cm³/mol. The Morgan fingerprint density at radius 3 is 1.18 bits per heavy atom. The molecular formula is C36H47Ir3N5-6. The van der Waals surface area contributed by atoms with Gasteiger partial charge in [0.05, 0.1) is 5.69 Å². The van der Waals surface area contributed by atoms with Gasteiger partial charge in [-0.15, -0.1) is 39.0 Å². The van der Waals surface area contributed by atoms with Crippen LogP contribution in [0.5, 0.6) is 0 Å².